The van der Waals surface area contributed by atoms with Gasteiger partial charge in [-0.3, -0.25) is 0 Å². The van der Waals surface area contributed by atoms with Gasteiger partial charge in [-0.1, -0.05) is 26.3 Å². The van der Waals surface area contributed by atoms with E-state index in [-0.39, 0.29) is 5.41 Å². The zero-order valence-electron chi connectivity index (χ0n) is 15.3. The van der Waals surface area contributed by atoms with E-state index >= 15 is 0 Å². The predicted octanol–water partition coefficient (Wildman–Crippen LogP) is 2.44. The molecule has 3 unspecified atom stereocenters. The van der Waals surface area contributed by atoms with Crippen molar-refractivity contribution in [3.63, 3.8) is 0 Å². The monoisotopic (exact) mass is 346 g/mol. The fourth-order valence-corrected chi connectivity index (χ4v) is 4.39. The largest absolute Gasteiger partial charge is 0.454 e. The first-order valence-electron chi connectivity index (χ1n) is 9.58. The predicted molar refractivity (Wildman–Crippen MR) is 97.3 cm³/mol. The van der Waals surface area contributed by atoms with Crippen molar-refractivity contribution in [2.75, 3.05) is 33.1 Å². The first-order chi connectivity index (χ1) is 12.1. The van der Waals surface area contributed by atoms with Crippen molar-refractivity contribution in [1.82, 2.24) is 10.6 Å². The van der Waals surface area contributed by atoms with E-state index in [1.165, 1.54) is 24.8 Å². The summed E-state index contributed by atoms with van der Waals surface area (Å²) in [5.74, 6) is 2.40. The van der Waals surface area contributed by atoms with E-state index in [0.717, 1.165) is 37.8 Å². The van der Waals surface area contributed by atoms with E-state index in [9.17, 15) is 0 Å². The minimum Gasteiger partial charge on any atom is -0.454 e. The highest BCUT2D eigenvalue weighted by Gasteiger charge is 2.35. The van der Waals surface area contributed by atoms with Crippen LogP contribution in [0.25, 0.3) is 0 Å². The Morgan fingerprint density at radius 2 is 2.08 bits per heavy atom. The normalized spacial score (nSPS) is 29.1. The molecule has 1 aromatic carbocycles. The van der Waals surface area contributed by atoms with Crippen LogP contribution in [-0.4, -0.2) is 45.2 Å². The van der Waals surface area contributed by atoms with E-state index < -0.39 is 0 Å². The molecule has 0 spiro atoms. The fraction of sp³-hybridized carbons (Fsp3) is 0.700. The van der Waals surface area contributed by atoms with E-state index in [4.69, 9.17) is 14.2 Å². The number of hydrogen-bond donors (Lipinski definition) is 2. The lowest BCUT2D eigenvalue weighted by atomic mass is 9.83. The second kappa shape index (κ2) is 7.14. The van der Waals surface area contributed by atoms with E-state index in [2.05, 4.69) is 36.6 Å². The summed E-state index contributed by atoms with van der Waals surface area (Å²) in [6.45, 7) is 8.56. The zero-order valence-corrected chi connectivity index (χ0v) is 15.3. The second-order valence-corrected chi connectivity index (χ2v) is 8.17. The molecule has 0 bridgehead atoms. The summed E-state index contributed by atoms with van der Waals surface area (Å²) in [5, 5.41) is 7.52. The van der Waals surface area contributed by atoms with Crippen LogP contribution in [0.2, 0.25) is 0 Å². The van der Waals surface area contributed by atoms with Gasteiger partial charge in [-0.25, -0.2) is 0 Å². The smallest absolute Gasteiger partial charge is 0.231 e. The third-order valence-corrected chi connectivity index (χ3v) is 6.00. The number of hydrogen-bond acceptors (Lipinski definition) is 5. The number of ether oxygens (including phenoxy) is 3. The highest BCUT2D eigenvalue weighted by molar-refractivity contribution is 5.46. The molecule has 2 N–H and O–H groups in total. The van der Waals surface area contributed by atoms with Gasteiger partial charge in [-0.15, -0.1) is 0 Å². The van der Waals surface area contributed by atoms with E-state index in [1.807, 2.05) is 6.07 Å². The Hall–Kier alpha value is -1.30. The van der Waals surface area contributed by atoms with Crippen LogP contribution < -0.4 is 20.1 Å². The minimum atomic E-state index is 0.0462. The maximum Gasteiger partial charge on any atom is 0.231 e. The summed E-state index contributed by atoms with van der Waals surface area (Å²) in [7, 11) is 0. The molecule has 3 atom stereocenters. The molecule has 1 aliphatic carbocycles. The Bertz CT molecular complexity index is 599. The minimum absolute atomic E-state index is 0.0462. The van der Waals surface area contributed by atoms with Crippen LogP contribution in [0.15, 0.2) is 18.2 Å². The zero-order chi connectivity index (χ0) is 17.3. The van der Waals surface area contributed by atoms with Crippen LogP contribution >= 0.6 is 0 Å². The molecule has 5 nitrogen and oxygen atoms in total. The van der Waals surface area contributed by atoms with E-state index in [1.54, 1.807) is 0 Å². The standard InChI is InChI=1S/C20H30N2O3/c1-20(2,14-6-7-18-19(10-14)25-13-24-18)12-22-16-5-3-4-15(16)17-11-23-9-8-21-17/h6-7,10,15-17,21-22H,3-5,8-9,11-13H2,1-2H3. The van der Waals surface area contributed by atoms with Gasteiger partial charge in [0.25, 0.3) is 0 Å². The molecule has 3 aliphatic rings. The lowest BCUT2D eigenvalue weighted by Gasteiger charge is -2.35. The van der Waals surface area contributed by atoms with E-state index in [0.29, 0.717) is 24.8 Å². The molecule has 1 saturated heterocycles. The summed E-state index contributed by atoms with van der Waals surface area (Å²) in [6.07, 6.45) is 3.87. The van der Waals surface area contributed by atoms with Crippen molar-refractivity contribution in [1.29, 1.82) is 0 Å². The molecule has 0 amide bonds. The van der Waals surface area contributed by atoms with Crippen LogP contribution in [0.3, 0.4) is 0 Å². The Balaban J connectivity index is 1.39. The van der Waals surface area contributed by atoms with Crippen molar-refractivity contribution >= 4 is 0 Å². The Kier molecular flexibility index (Phi) is 4.89. The topological polar surface area (TPSA) is 51.8 Å². The average molecular weight is 346 g/mol. The maximum absolute atomic E-state index is 5.68. The number of rotatable bonds is 5. The molecule has 1 aromatic rings. The third kappa shape index (κ3) is 3.64. The number of benzene rings is 1. The van der Waals surface area contributed by atoms with Gasteiger partial charge in [-0.05, 0) is 36.5 Å². The molecular weight excluding hydrogens is 316 g/mol. The highest BCUT2D eigenvalue weighted by Crippen LogP contribution is 2.37. The summed E-state index contributed by atoms with van der Waals surface area (Å²) in [5.41, 5.74) is 1.34. The lowest BCUT2D eigenvalue weighted by molar-refractivity contribution is 0.0522. The summed E-state index contributed by atoms with van der Waals surface area (Å²) >= 11 is 0. The van der Waals surface area contributed by atoms with Crippen LogP contribution in [-0.2, 0) is 10.2 Å². The van der Waals surface area contributed by atoms with Gasteiger partial charge in [0.1, 0.15) is 0 Å². The number of fused-ring (bicyclic) bond motifs is 1. The van der Waals surface area contributed by atoms with Gasteiger partial charge in [0.05, 0.1) is 13.2 Å². The van der Waals surface area contributed by atoms with Crippen LogP contribution in [0.1, 0.15) is 38.7 Å². The first kappa shape index (κ1) is 17.1. The molecule has 2 heterocycles. The van der Waals surface area contributed by atoms with Gasteiger partial charge in [0.2, 0.25) is 6.79 Å². The average Bonchev–Trinajstić information content (AvgIpc) is 3.29. The van der Waals surface area contributed by atoms with Crippen molar-refractivity contribution in [2.24, 2.45) is 5.92 Å². The van der Waals surface area contributed by atoms with Crippen LogP contribution in [0.5, 0.6) is 11.5 Å². The summed E-state index contributed by atoms with van der Waals surface area (Å²) in [4.78, 5) is 0. The highest BCUT2D eigenvalue weighted by atomic mass is 16.7. The lowest BCUT2D eigenvalue weighted by Crippen LogP contribution is -2.52. The molecule has 5 heteroatoms. The quantitative estimate of drug-likeness (QED) is 0.858. The van der Waals surface area contributed by atoms with Crippen molar-refractivity contribution in [2.45, 2.75) is 50.6 Å². The van der Waals surface area contributed by atoms with Crippen molar-refractivity contribution in [3.05, 3.63) is 23.8 Å². The maximum atomic E-state index is 5.68. The third-order valence-electron chi connectivity index (χ3n) is 6.00. The molecular formula is C20H30N2O3. The molecule has 138 valence electrons. The SMILES string of the molecule is CC(C)(CNC1CCCC1C1COCCN1)c1ccc2c(c1)OCO2. The Morgan fingerprint density at radius 1 is 1.20 bits per heavy atom. The second-order valence-electron chi connectivity index (χ2n) is 8.17. The van der Waals surface area contributed by atoms with Gasteiger partial charge in [0, 0.05) is 30.6 Å². The van der Waals surface area contributed by atoms with Gasteiger partial charge >= 0.3 is 0 Å². The molecule has 0 aromatic heterocycles. The fourth-order valence-electron chi connectivity index (χ4n) is 4.39. The molecule has 1 saturated carbocycles. The van der Waals surface area contributed by atoms with Gasteiger partial charge in [-0.2, -0.15) is 0 Å². The first-order valence-corrected chi connectivity index (χ1v) is 9.58. The van der Waals surface area contributed by atoms with Crippen LogP contribution in [0.4, 0.5) is 0 Å². The van der Waals surface area contributed by atoms with Gasteiger partial charge in [0.15, 0.2) is 11.5 Å². The molecule has 2 fully saturated rings. The van der Waals surface area contributed by atoms with Crippen molar-refractivity contribution < 1.29 is 14.2 Å². The molecule has 2 aliphatic heterocycles. The van der Waals surface area contributed by atoms with Gasteiger partial charge < -0.3 is 24.8 Å². The summed E-state index contributed by atoms with van der Waals surface area (Å²) < 4.78 is 16.7. The molecule has 4 rings (SSSR count). The molecule has 0 radical (unpaired) electrons. The van der Waals surface area contributed by atoms with Crippen LogP contribution in [0, 0.1) is 5.92 Å². The number of nitrogens with one attached hydrogen (secondary N) is 2. The Labute approximate surface area is 150 Å². The Morgan fingerprint density at radius 3 is 2.92 bits per heavy atom. The number of morpholine rings is 1. The summed E-state index contributed by atoms with van der Waals surface area (Å²) in [6, 6.07) is 7.40. The van der Waals surface area contributed by atoms with Crippen molar-refractivity contribution in [3.8, 4) is 11.5 Å². The molecule has 25 heavy (non-hydrogen) atoms.